The predicted molar refractivity (Wildman–Crippen MR) is 94.8 cm³/mol. The maximum absolute atomic E-state index is 9.43. The van der Waals surface area contributed by atoms with Gasteiger partial charge < -0.3 is 10.2 Å². The summed E-state index contributed by atoms with van der Waals surface area (Å²) in [5.41, 5.74) is 3.48. The molecule has 2 nitrogen and oxygen atoms in total. The number of benzene rings is 1. The van der Waals surface area contributed by atoms with Crippen LogP contribution in [0.4, 0.5) is 0 Å². The predicted octanol–water partition coefficient (Wildman–Crippen LogP) is 5.79. The molecule has 1 unspecified atom stereocenters. The van der Waals surface area contributed by atoms with E-state index in [1.54, 1.807) is 25.1 Å². The van der Waals surface area contributed by atoms with Crippen LogP contribution in [0.25, 0.3) is 5.57 Å². The smallest absolute Gasteiger partial charge is 0.115 e. The number of hydrogen-bond donors (Lipinski definition) is 2. The number of allylic oxidation sites excluding steroid dienone is 7. The van der Waals surface area contributed by atoms with E-state index in [1.807, 2.05) is 24.3 Å². The number of phenols is 1. The molecule has 1 aromatic carbocycles. The average Bonchev–Trinajstić information content (AvgIpc) is 2.48. The number of rotatable bonds is 7. The number of aromatic hydroxyl groups is 1. The molecular formula is C20H26O2. The van der Waals surface area contributed by atoms with E-state index in [2.05, 4.69) is 26.5 Å². The van der Waals surface area contributed by atoms with Crippen molar-refractivity contribution in [3.05, 3.63) is 72.0 Å². The van der Waals surface area contributed by atoms with Crippen molar-refractivity contribution in [3.63, 3.8) is 0 Å². The van der Waals surface area contributed by atoms with Crippen LogP contribution in [0.2, 0.25) is 0 Å². The zero-order valence-corrected chi connectivity index (χ0v) is 13.7. The Hall–Kier alpha value is -2.22. The highest BCUT2D eigenvalue weighted by Gasteiger charge is 2.10. The van der Waals surface area contributed by atoms with E-state index in [9.17, 15) is 10.2 Å². The fourth-order valence-corrected chi connectivity index (χ4v) is 2.34. The van der Waals surface area contributed by atoms with Gasteiger partial charge in [-0.1, -0.05) is 50.8 Å². The Morgan fingerprint density at radius 3 is 2.36 bits per heavy atom. The van der Waals surface area contributed by atoms with Gasteiger partial charge in [-0.3, -0.25) is 0 Å². The quantitative estimate of drug-likeness (QED) is 0.494. The lowest BCUT2D eigenvalue weighted by Crippen LogP contribution is -2.00. The molecule has 0 aliphatic rings. The normalized spacial score (nSPS) is 14.8. The van der Waals surface area contributed by atoms with E-state index in [1.165, 1.54) is 5.57 Å². The molecule has 0 radical (unpaired) electrons. The fraction of sp³-hybridized carbons (Fsp3) is 0.300. The first-order chi connectivity index (χ1) is 10.5. The van der Waals surface area contributed by atoms with Gasteiger partial charge >= 0.3 is 0 Å². The summed E-state index contributed by atoms with van der Waals surface area (Å²) in [5, 5.41) is 18.7. The van der Waals surface area contributed by atoms with Crippen molar-refractivity contribution < 1.29 is 10.2 Å². The average molecular weight is 298 g/mol. The van der Waals surface area contributed by atoms with Gasteiger partial charge in [0.2, 0.25) is 0 Å². The molecule has 0 saturated carbocycles. The molecule has 0 saturated heterocycles. The van der Waals surface area contributed by atoms with E-state index >= 15 is 0 Å². The first-order valence-corrected chi connectivity index (χ1v) is 7.66. The fourth-order valence-electron chi connectivity index (χ4n) is 2.34. The van der Waals surface area contributed by atoms with E-state index in [-0.39, 0.29) is 11.5 Å². The van der Waals surface area contributed by atoms with Crippen LogP contribution in [0.15, 0.2) is 66.5 Å². The van der Waals surface area contributed by atoms with E-state index in [0.29, 0.717) is 5.92 Å². The van der Waals surface area contributed by atoms with Gasteiger partial charge in [0.1, 0.15) is 5.75 Å². The Morgan fingerprint density at radius 1 is 1.23 bits per heavy atom. The highest BCUT2D eigenvalue weighted by Crippen LogP contribution is 2.28. The third kappa shape index (κ3) is 5.65. The molecule has 0 aliphatic heterocycles. The molecular weight excluding hydrogens is 272 g/mol. The molecule has 0 fully saturated rings. The maximum atomic E-state index is 9.43. The molecule has 1 atom stereocenters. The summed E-state index contributed by atoms with van der Waals surface area (Å²) in [6.45, 7) is 9.79. The minimum Gasteiger partial charge on any atom is -0.513 e. The minimum atomic E-state index is 0.280. The largest absolute Gasteiger partial charge is 0.513 e. The van der Waals surface area contributed by atoms with Crippen LogP contribution in [0.5, 0.6) is 5.75 Å². The van der Waals surface area contributed by atoms with E-state index < -0.39 is 0 Å². The summed E-state index contributed by atoms with van der Waals surface area (Å²) in [5.74, 6) is 0.858. The van der Waals surface area contributed by atoms with Crippen molar-refractivity contribution in [1.29, 1.82) is 0 Å². The van der Waals surface area contributed by atoms with Gasteiger partial charge in [-0.15, -0.1) is 0 Å². The van der Waals surface area contributed by atoms with Gasteiger partial charge in [-0.25, -0.2) is 0 Å². The van der Waals surface area contributed by atoms with Crippen LogP contribution in [0, 0.1) is 5.92 Å². The lowest BCUT2D eigenvalue weighted by atomic mass is 9.89. The van der Waals surface area contributed by atoms with Crippen molar-refractivity contribution in [2.45, 2.75) is 33.6 Å². The first kappa shape index (κ1) is 17.8. The topological polar surface area (TPSA) is 40.5 Å². The number of phenolic OH excluding ortho intramolecular Hbond substituents is 1. The summed E-state index contributed by atoms with van der Waals surface area (Å²) in [7, 11) is 0. The molecule has 0 spiro atoms. The third-order valence-electron chi connectivity index (χ3n) is 3.54. The Bertz CT molecular complexity index is 570. The number of aliphatic hydroxyl groups is 1. The van der Waals surface area contributed by atoms with Gasteiger partial charge in [0.15, 0.2) is 0 Å². The highest BCUT2D eigenvalue weighted by molar-refractivity contribution is 5.66. The van der Waals surface area contributed by atoms with Crippen LogP contribution in [-0.2, 0) is 0 Å². The zero-order valence-electron chi connectivity index (χ0n) is 13.7. The summed E-state index contributed by atoms with van der Waals surface area (Å²) >= 11 is 0. The van der Waals surface area contributed by atoms with Gasteiger partial charge in [-0.2, -0.15) is 0 Å². The monoisotopic (exact) mass is 298 g/mol. The summed E-state index contributed by atoms with van der Waals surface area (Å²) in [4.78, 5) is 0. The molecule has 0 aromatic heterocycles. The Kier molecular flexibility index (Phi) is 7.24. The Balaban J connectivity index is 2.98. The van der Waals surface area contributed by atoms with Crippen LogP contribution in [-0.4, -0.2) is 10.2 Å². The molecule has 0 heterocycles. The lowest BCUT2D eigenvalue weighted by Gasteiger charge is -2.16. The number of hydrogen-bond acceptors (Lipinski definition) is 2. The minimum absolute atomic E-state index is 0.280. The molecule has 1 rings (SSSR count). The maximum Gasteiger partial charge on any atom is 0.115 e. The van der Waals surface area contributed by atoms with Crippen LogP contribution < -0.4 is 0 Å². The molecule has 0 amide bonds. The van der Waals surface area contributed by atoms with Crippen LogP contribution in [0.1, 0.15) is 39.2 Å². The molecule has 2 heteroatoms. The van der Waals surface area contributed by atoms with Crippen molar-refractivity contribution in [2.75, 3.05) is 0 Å². The van der Waals surface area contributed by atoms with Crippen molar-refractivity contribution in [2.24, 2.45) is 5.92 Å². The van der Waals surface area contributed by atoms with Gasteiger partial charge in [0, 0.05) is 0 Å². The molecule has 118 valence electrons. The SMILES string of the molecule is C=C/C(=C\C=C(/C)O)C(C)C/C(=C\CC)c1ccc(O)cc1. The second-order valence-corrected chi connectivity index (χ2v) is 5.47. The summed E-state index contributed by atoms with van der Waals surface area (Å²) in [6, 6.07) is 7.31. The second kappa shape index (κ2) is 8.93. The summed E-state index contributed by atoms with van der Waals surface area (Å²) < 4.78 is 0. The zero-order chi connectivity index (χ0) is 16.5. The van der Waals surface area contributed by atoms with Crippen molar-refractivity contribution in [1.82, 2.24) is 0 Å². The van der Waals surface area contributed by atoms with E-state index in [0.717, 1.165) is 24.0 Å². The standard InChI is InChI=1S/C20H26O2/c1-5-7-19(18-10-12-20(22)13-11-18)14-15(3)17(6-2)9-8-16(4)21/h6-13,15,21-22H,2,5,14H2,1,3-4H3/b16-8+,17-9+,19-7+. The molecule has 0 aliphatic carbocycles. The molecule has 0 bridgehead atoms. The Labute approximate surface area is 133 Å². The van der Waals surface area contributed by atoms with Gasteiger partial charge in [0.05, 0.1) is 5.76 Å². The first-order valence-electron chi connectivity index (χ1n) is 7.66. The van der Waals surface area contributed by atoms with Crippen LogP contribution >= 0.6 is 0 Å². The molecule has 2 N–H and O–H groups in total. The van der Waals surface area contributed by atoms with E-state index in [4.69, 9.17) is 0 Å². The third-order valence-corrected chi connectivity index (χ3v) is 3.54. The highest BCUT2D eigenvalue weighted by atomic mass is 16.3. The second-order valence-electron chi connectivity index (χ2n) is 5.47. The van der Waals surface area contributed by atoms with Gasteiger partial charge in [0.25, 0.3) is 0 Å². The molecule has 1 aromatic rings. The number of aliphatic hydroxyl groups excluding tert-OH is 1. The molecule has 22 heavy (non-hydrogen) atoms. The lowest BCUT2D eigenvalue weighted by molar-refractivity contribution is 0.414. The van der Waals surface area contributed by atoms with Gasteiger partial charge in [-0.05, 0) is 60.6 Å². The summed E-state index contributed by atoms with van der Waals surface area (Å²) in [6.07, 6.45) is 9.51. The van der Waals surface area contributed by atoms with Crippen LogP contribution in [0.3, 0.4) is 0 Å². The van der Waals surface area contributed by atoms with Crippen molar-refractivity contribution >= 4 is 5.57 Å². The van der Waals surface area contributed by atoms with Crippen molar-refractivity contribution in [3.8, 4) is 5.75 Å². The Morgan fingerprint density at radius 2 is 1.86 bits per heavy atom.